The SMILES string of the molecule is CCC1CCc2cc(C3CCC3)ccc2N1Sc1ccc(OCC2CCOCC2)c(CO)c1. The zero-order valence-corrected chi connectivity index (χ0v) is 20.6. The van der Waals surface area contributed by atoms with Crippen LogP contribution in [0.5, 0.6) is 5.75 Å². The van der Waals surface area contributed by atoms with E-state index in [1.54, 1.807) is 0 Å². The van der Waals surface area contributed by atoms with Crippen molar-refractivity contribution in [3.8, 4) is 5.75 Å². The molecular formula is C28H37NO3S. The third-order valence-electron chi connectivity index (χ3n) is 7.69. The lowest BCUT2D eigenvalue weighted by molar-refractivity contribution is 0.0494. The Balaban J connectivity index is 1.32. The molecule has 1 aliphatic carbocycles. The van der Waals surface area contributed by atoms with Gasteiger partial charge in [0.2, 0.25) is 0 Å². The number of hydrogen-bond donors (Lipinski definition) is 1. The second kappa shape index (κ2) is 10.7. The number of benzene rings is 2. The van der Waals surface area contributed by atoms with Crippen molar-refractivity contribution in [1.82, 2.24) is 0 Å². The first kappa shape index (κ1) is 23.1. The molecule has 178 valence electrons. The monoisotopic (exact) mass is 467 g/mol. The van der Waals surface area contributed by atoms with Gasteiger partial charge >= 0.3 is 0 Å². The lowest BCUT2D eigenvalue weighted by Crippen LogP contribution is -2.33. The van der Waals surface area contributed by atoms with Crippen LogP contribution in [0.4, 0.5) is 5.69 Å². The van der Waals surface area contributed by atoms with E-state index in [4.69, 9.17) is 9.47 Å². The summed E-state index contributed by atoms with van der Waals surface area (Å²) in [6, 6.07) is 14.0. The second-order valence-electron chi connectivity index (χ2n) is 9.83. The molecule has 0 amide bonds. The van der Waals surface area contributed by atoms with Gasteiger partial charge in [-0.1, -0.05) is 25.5 Å². The van der Waals surface area contributed by atoms with Crippen LogP contribution in [0, 0.1) is 5.92 Å². The van der Waals surface area contributed by atoms with E-state index in [-0.39, 0.29) is 6.61 Å². The fraction of sp³-hybridized carbons (Fsp3) is 0.571. The van der Waals surface area contributed by atoms with Gasteiger partial charge in [0.25, 0.3) is 0 Å². The van der Waals surface area contributed by atoms with Gasteiger partial charge in [-0.3, -0.25) is 0 Å². The molecule has 2 aliphatic heterocycles. The van der Waals surface area contributed by atoms with Gasteiger partial charge in [-0.05, 0) is 104 Å². The molecule has 0 spiro atoms. The Morgan fingerprint density at radius 1 is 1.06 bits per heavy atom. The molecule has 0 aromatic heterocycles. The number of hydrogen-bond acceptors (Lipinski definition) is 5. The van der Waals surface area contributed by atoms with E-state index in [2.05, 4.69) is 41.6 Å². The molecule has 2 aromatic carbocycles. The third kappa shape index (κ3) is 5.21. The molecule has 33 heavy (non-hydrogen) atoms. The van der Waals surface area contributed by atoms with Crippen molar-refractivity contribution in [3.05, 3.63) is 53.1 Å². The molecule has 5 rings (SSSR count). The molecule has 0 radical (unpaired) electrons. The molecule has 1 unspecified atom stereocenters. The summed E-state index contributed by atoms with van der Waals surface area (Å²) in [4.78, 5) is 1.16. The van der Waals surface area contributed by atoms with Crippen LogP contribution in [0.15, 0.2) is 41.3 Å². The standard InChI is InChI=1S/C28H37NO3S/c1-2-25-8-6-23-16-22(21-4-3-5-21)7-10-27(23)29(25)33-26-9-11-28(24(17-26)18-30)32-19-20-12-14-31-15-13-20/h7,9-11,16-17,20-21,25,30H,2-6,8,12-15,18-19H2,1H3. The number of anilines is 1. The van der Waals surface area contributed by atoms with Crippen molar-refractivity contribution in [3.63, 3.8) is 0 Å². The summed E-state index contributed by atoms with van der Waals surface area (Å²) in [5.41, 5.74) is 5.27. The van der Waals surface area contributed by atoms with Gasteiger partial charge in [-0.15, -0.1) is 0 Å². The van der Waals surface area contributed by atoms with Gasteiger partial charge in [0.1, 0.15) is 5.75 Å². The summed E-state index contributed by atoms with van der Waals surface area (Å²) in [5.74, 6) is 2.13. The second-order valence-corrected chi connectivity index (χ2v) is 10.9. The van der Waals surface area contributed by atoms with Crippen molar-refractivity contribution in [1.29, 1.82) is 0 Å². The summed E-state index contributed by atoms with van der Waals surface area (Å²) in [6.45, 7) is 4.64. The van der Waals surface area contributed by atoms with Crippen molar-refractivity contribution >= 4 is 17.6 Å². The highest BCUT2D eigenvalue weighted by molar-refractivity contribution is 8.00. The minimum Gasteiger partial charge on any atom is -0.493 e. The molecule has 1 atom stereocenters. The van der Waals surface area contributed by atoms with Crippen LogP contribution in [0.25, 0.3) is 0 Å². The zero-order chi connectivity index (χ0) is 22.6. The first-order chi connectivity index (χ1) is 16.2. The minimum absolute atomic E-state index is 0.00392. The molecule has 2 aromatic rings. The van der Waals surface area contributed by atoms with E-state index in [1.807, 2.05) is 18.0 Å². The molecule has 3 aliphatic rings. The maximum Gasteiger partial charge on any atom is 0.124 e. The summed E-state index contributed by atoms with van der Waals surface area (Å²) >= 11 is 1.81. The van der Waals surface area contributed by atoms with Crippen molar-refractivity contribution in [2.75, 3.05) is 24.1 Å². The molecule has 0 bridgehead atoms. The quantitative estimate of drug-likeness (QED) is 0.449. The number of aliphatic hydroxyl groups excluding tert-OH is 1. The Labute approximate surface area is 202 Å². The molecule has 5 heteroatoms. The number of nitrogens with zero attached hydrogens (tertiary/aromatic N) is 1. The van der Waals surface area contributed by atoms with Crippen molar-refractivity contribution in [2.45, 2.75) is 81.8 Å². The number of ether oxygens (including phenoxy) is 2. The number of aliphatic hydroxyl groups is 1. The van der Waals surface area contributed by atoms with Gasteiger partial charge in [-0.25, -0.2) is 0 Å². The van der Waals surface area contributed by atoms with Crippen molar-refractivity contribution < 1.29 is 14.6 Å². The van der Waals surface area contributed by atoms with Crippen LogP contribution in [-0.2, 0) is 17.8 Å². The Morgan fingerprint density at radius 2 is 1.91 bits per heavy atom. The summed E-state index contributed by atoms with van der Waals surface area (Å²) < 4.78 is 14.1. The summed E-state index contributed by atoms with van der Waals surface area (Å²) in [5, 5.41) is 10.0. The van der Waals surface area contributed by atoms with E-state index in [1.165, 1.54) is 48.9 Å². The largest absolute Gasteiger partial charge is 0.493 e. The maximum absolute atomic E-state index is 10.0. The van der Waals surface area contributed by atoms with Gasteiger partial charge in [0, 0.05) is 29.7 Å². The molecule has 2 heterocycles. The number of rotatable bonds is 8. The molecule has 1 saturated carbocycles. The van der Waals surface area contributed by atoms with E-state index >= 15 is 0 Å². The van der Waals surface area contributed by atoms with Crippen LogP contribution in [-0.4, -0.2) is 31.0 Å². The van der Waals surface area contributed by atoms with E-state index < -0.39 is 0 Å². The number of fused-ring (bicyclic) bond motifs is 1. The summed E-state index contributed by atoms with van der Waals surface area (Å²) in [7, 11) is 0. The molecule has 1 saturated heterocycles. The average Bonchev–Trinajstić information content (AvgIpc) is 2.82. The Bertz CT molecular complexity index is 939. The lowest BCUT2D eigenvalue weighted by atomic mass is 9.79. The van der Waals surface area contributed by atoms with E-state index in [0.29, 0.717) is 18.6 Å². The third-order valence-corrected chi connectivity index (χ3v) is 8.85. The molecular weight excluding hydrogens is 430 g/mol. The minimum atomic E-state index is -0.00392. The highest BCUT2D eigenvalue weighted by Gasteiger charge is 2.28. The van der Waals surface area contributed by atoms with E-state index in [9.17, 15) is 5.11 Å². The fourth-order valence-electron chi connectivity index (χ4n) is 5.26. The Kier molecular flexibility index (Phi) is 7.49. The first-order valence-corrected chi connectivity index (χ1v) is 13.6. The average molecular weight is 468 g/mol. The van der Waals surface area contributed by atoms with Crippen molar-refractivity contribution in [2.24, 2.45) is 5.92 Å². The van der Waals surface area contributed by atoms with E-state index in [0.717, 1.165) is 54.6 Å². The smallest absolute Gasteiger partial charge is 0.124 e. The van der Waals surface area contributed by atoms with Crippen LogP contribution in [0.2, 0.25) is 0 Å². The van der Waals surface area contributed by atoms with Gasteiger partial charge in [0.15, 0.2) is 0 Å². The van der Waals surface area contributed by atoms with Gasteiger partial charge in [-0.2, -0.15) is 0 Å². The maximum atomic E-state index is 10.0. The lowest BCUT2D eigenvalue weighted by Gasteiger charge is -2.38. The van der Waals surface area contributed by atoms with Crippen LogP contribution >= 0.6 is 11.9 Å². The summed E-state index contributed by atoms with van der Waals surface area (Å²) in [6.07, 6.45) is 9.69. The molecule has 4 nitrogen and oxygen atoms in total. The Hall–Kier alpha value is -1.69. The Morgan fingerprint density at radius 3 is 2.64 bits per heavy atom. The molecule has 2 fully saturated rings. The zero-order valence-electron chi connectivity index (χ0n) is 19.8. The predicted octanol–water partition coefficient (Wildman–Crippen LogP) is 6.49. The molecule has 1 N–H and O–H groups in total. The fourth-order valence-corrected chi connectivity index (χ4v) is 6.49. The van der Waals surface area contributed by atoms with Crippen LogP contribution in [0.3, 0.4) is 0 Å². The first-order valence-electron chi connectivity index (χ1n) is 12.8. The van der Waals surface area contributed by atoms with Crippen LogP contribution in [0.1, 0.15) is 74.5 Å². The normalized spacial score (nSPS) is 21.5. The number of aryl methyl sites for hydroxylation is 1. The highest BCUT2D eigenvalue weighted by Crippen LogP contribution is 2.43. The van der Waals surface area contributed by atoms with Crippen LogP contribution < -0.4 is 9.04 Å². The topological polar surface area (TPSA) is 41.9 Å². The van der Waals surface area contributed by atoms with Gasteiger partial charge in [0.05, 0.1) is 18.9 Å². The van der Waals surface area contributed by atoms with Gasteiger partial charge < -0.3 is 18.9 Å². The predicted molar refractivity (Wildman–Crippen MR) is 135 cm³/mol. The highest BCUT2D eigenvalue weighted by atomic mass is 32.2.